The van der Waals surface area contributed by atoms with Crippen LogP contribution in [0.15, 0.2) is 12.2 Å². The average molecular weight is 352 g/mol. The highest BCUT2D eigenvalue weighted by Crippen LogP contribution is 2.12. The van der Waals surface area contributed by atoms with Crippen molar-refractivity contribution in [3.63, 3.8) is 0 Å². The van der Waals surface area contributed by atoms with E-state index in [1.165, 1.54) is 64.2 Å². The number of unbranched alkanes of at least 4 members (excludes halogenated alkanes) is 10. The topological polar surface area (TPSA) is 55.4 Å². The van der Waals surface area contributed by atoms with Gasteiger partial charge in [-0.3, -0.25) is 4.79 Å². The van der Waals surface area contributed by atoms with Crippen molar-refractivity contribution >= 4 is 11.9 Å². The number of carbonyl (C=O) groups is 2. The molecule has 144 valence electrons. The standard InChI is InChI=1S/C21H37NO3/c1-2-3-4-5-6-7-8-9-10-11-12-13-14-15-18-25-21(24)19-16-17-20(23)22-19/h4-5,19H,2-3,6-18H2,1H3,(H,22,23)/b5-4+/t19-/m0/s1. The number of nitrogens with one attached hydrogen (secondary N) is 1. The molecule has 0 unspecified atom stereocenters. The first-order chi connectivity index (χ1) is 12.2. The van der Waals surface area contributed by atoms with Crippen LogP contribution in [0.5, 0.6) is 0 Å². The number of amides is 1. The van der Waals surface area contributed by atoms with Crippen LogP contribution in [0.4, 0.5) is 0 Å². The molecule has 1 aliphatic rings. The minimum atomic E-state index is -0.408. The van der Waals surface area contributed by atoms with E-state index in [0.717, 1.165) is 12.8 Å². The second-order valence-corrected chi connectivity index (χ2v) is 7.06. The molecule has 0 radical (unpaired) electrons. The fourth-order valence-corrected chi connectivity index (χ4v) is 3.07. The van der Waals surface area contributed by atoms with Crippen LogP contribution in [0.1, 0.15) is 96.8 Å². The molecule has 1 atom stereocenters. The van der Waals surface area contributed by atoms with Gasteiger partial charge in [-0.2, -0.15) is 0 Å². The maximum absolute atomic E-state index is 11.7. The number of carbonyl (C=O) groups excluding carboxylic acids is 2. The zero-order valence-electron chi connectivity index (χ0n) is 16.1. The Morgan fingerprint density at radius 1 is 1.00 bits per heavy atom. The van der Waals surface area contributed by atoms with Crippen LogP contribution in [-0.2, 0) is 14.3 Å². The Morgan fingerprint density at radius 2 is 1.60 bits per heavy atom. The molecule has 0 aromatic carbocycles. The van der Waals surface area contributed by atoms with E-state index in [0.29, 0.717) is 19.4 Å². The van der Waals surface area contributed by atoms with Crippen molar-refractivity contribution in [2.45, 2.75) is 103 Å². The van der Waals surface area contributed by atoms with Gasteiger partial charge >= 0.3 is 5.97 Å². The smallest absolute Gasteiger partial charge is 0.328 e. The molecule has 1 heterocycles. The summed E-state index contributed by atoms with van der Waals surface area (Å²) in [4.78, 5) is 22.7. The van der Waals surface area contributed by atoms with E-state index in [1.54, 1.807) is 0 Å². The maximum atomic E-state index is 11.7. The van der Waals surface area contributed by atoms with Gasteiger partial charge in [0.25, 0.3) is 0 Å². The van der Waals surface area contributed by atoms with Gasteiger partial charge in [-0.05, 0) is 32.1 Å². The van der Waals surface area contributed by atoms with Gasteiger partial charge in [-0.1, -0.05) is 70.4 Å². The highest BCUT2D eigenvalue weighted by Gasteiger charge is 2.28. The van der Waals surface area contributed by atoms with Crippen LogP contribution in [0.3, 0.4) is 0 Å². The summed E-state index contributed by atoms with van der Waals surface area (Å²) in [7, 11) is 0. The summed E-state index contributed by atoms with van der Waals surface area (Å²) in [6.45, 7) is 2.70. The van der Waals surface area contributed by atoms with Crippen LogP contribution < -0.4 is 5.32 Å². The lowest BCUT2D eigenvalue weighted by Gasteiger charge is -2.09. The molecule has 0 aromatic rings. The largest absolute Gasteiger partial charge is 0.464 e. The minimum absolute atomic E-state index is 0.0464. The second kappa shape index (κ2) is 15.0. The van der Waals surface area contributed by atoms with E-state index in [9.17, 15) is 9.59 Å². The molecule has 0 spiro atoms. The molecule has 1 rings (SSSR count). The van der Waals surface area contributed by atoms with Gasteiger partial charge in [0.2, 0.25) is 5.91 Å². The van der Waals surface area contributed by atoms with Crippen molar-refractivity contribution < 1.29 is 14.3 Å². The molecule has 25 heavy (non-hydrogen) atoms. The summed E-state index contributed by atoms with van der Waals surface area (Å²) < 4.78 is 5.22. The second-order valence-electron chi connectivity index (χ2n) is 7.06. The molecule has 0 saturated carbocycles. The zero-order valence-corrected chi connectivity index (χ0v) is 16.1. The monoisotopic (exact) mass is 351 g/mol. The average Bonchev–Trinajstić information content (AvgIpc) is 3.04. The fraction of sp³-hybridized carbons (Fsp3) is 0.810. The molecule has 1 aliphatic heterocycles. The van der Waals surface area contributed by atoms with E-state index in [4.69, 9.17) is 4.74 Å². The third kappa shape index (κ3) is 11.8. The molecule has 4 nitrogen and oxygen atoms in total. The van der Waals surface area contributed by atoms with Crippen LogP contribution >= 0.6 is 0 Å². The van der Waals surface area contributed by atoms with Gasteiger partial charge in [0, 0.05) is 6.42 Å². The summed E-state index contributed by atoms with van der Waals surface area (Å²) in [6.07, 6.45) is 20.6. The van der Waals surface area contributed by atoms with Crippen LogP contribution in [0.25, 0.3) is 0 Å². The van der Waals surface area contributed by atoms with Crippen LogP contribution in [0.2, 0.25) is 0 Å². The Balaban J connectivity index is 1.77. The molecule has 1 fully saturated rings. The summed E-state index contributed by atoms with van der Waals surface area (Å²) in [5, 5.41) is 2.64. The number of allylic oxidation sites excluding steroid dienone is 2. The number of rotatable bonds is 15. The van der Waals surface area contributed by atoms with E-state index < -0.39 is 6.04 Å². The van der Waals surface area contributed by atoms with Crippen molar-refractivity contribution in [3.05, 3.63) is 12.2 Å². The lowest BCUT2D eigenvalue weighted by Crippen LogP contribution is -2.34. The van der Waals surface area contributed by atoms with Gasteiger partial charge in [-0.25, -0.2) is 4.79 Å². The normalized spacial score (nSPS) is 17.2. The zero-order chi connectivity index (χ0) is 18.2. The fourth-order valence-electron chi connectivity index (χ4n) is 3.07. The number of hydrogen-bond donors (Lipinski definition) is 1. The van der Waals surface area contributed by atoms with Crippen molar-refractivity contribution in [1.29, 1.82) is 0 Å². The van der Waals surface area contributed by atoms with Crippen LogP contribution in [-0.4, -0.2) is 24.5 Å². The Labute approximate surface area is 153 Å². The first-order valence-corrected chi connectivity index (χ1v) is 10.3. The van der Waals surface area contributed by atoms with E-state index in [-0.39, 0.29) is 11.9 Å². The molecule has 1 amide bonds. The van der Waals surface area contributed by atoms with Gasteiger partial charge < -0.3 is 10.1 Å². The lowest BCUT2D eigenvalue weighted by molar-refractivity contribution is -0.146. The van der Waals surface area contributed by atoms with Crippen molar-refractivity contribution in [1.82, 2.24) is 5.32 Å². The molecular formula is C21H37NO3. The number of ether oxygens (including phenoxy) is 1. The van der Waals surface area contributed by atoms with Gasteiger partial charge in [0.15, 0.2) is 0 Å². The predicted octanol–water partition coefficient (Wildman–Crippen LogP) is 5.07. The van der Waals surface area contributed by atoms with Crippen molar-refractivity contribution in [2.75, 3.05) is 6.61 Å². The Morgan fingerprint density at radius 3 is 2.20 bits per heavy atom. The molecule has 0 aliphatic carbocycles. The van der Waals surface area contributed by atoms with Crippen molar-refractivity contribution in [2.24, 2.45) is 0 Å². The Bertz CT molecular complexity index is 393. The summed E-state index contributed by atoms with van der Waals surface area (Å²) in [5.74, 6) is -0.315. The molecule has 1 N–H and O–H groups in total. The van der Waals surface area contributed by atoms with E-state index in [1.807, 2.05) is 0 Å². The van der Waals surface area contributed by atoms with Gasteiger partial charge in [0.05, 0.1) is 6.61 Å². The van der Waals surface area contributed by atoms with Gasteiger partial charge in [0.1, 0.15) is 6.04 Å². The molecule has 4 heteroatoms. The van der Waals surface area contributed by atoms with E-state index in [2.05, 4.69) is 24.4 Å². The molecular weight excluding hydrogens is 314 g/mol. The molecule has 1 saturated heterocycles. The minimum Gasteiger partial charge on any atom is -0.464 e. The highest BCUT2D eigenvalue weighted by molar-refractivity contribution is 5.87. The SMILES string of the molecule is CCC/C=C/CCCCCCCCCCCOC(=O)[C@@H]1CCC(=O)N1. The van der Waals surface area contributed by atoms with Crippen molar-refractivity contribution in [3.8, 4) is 0 Å². The summed E-state index contributed by atoms with van der Waals surface area (Å²) in [5.41, 5.74) is 0. The Hall–Kier alpha value is -1.32. The summed E-state index contributed by atoms with van der Waals surface area (Å²) in [6, 6.07) is -0.408. The quantitative estimate of drug-likeness (QED) is 0.255. The predicted molar refractivity (Wildman–Crippen MR) is 102 cm³/mol. The first-order valence-electron chi connectivity index (χ1n) is 10.3. The lowest BCUT2D eigenvalue weighted by atomic mass is 10.1. The first kappa shape index (κ1) is 21.7. The Kier molecular flexibility index (Phi) is 13.0. The number of esters is 1. The summed E-state index contributed by atoms with van der Waals surface area (Å²) >= 11 is 0. The highest BCUT2D eigenvalue weighted by atomic mass is 16.5. The van der Waals surface area contributed by atoms with E-state index >= 15 is 0 Å². The van der Waals surface area contributed by atoms with Gasteiger partial charge in [-0.15, -0.1) is 0 Å². The third-order valence-corrected chi connectivity index (χ3v) is 4.66. The van der Waals surface area contributed by atoms with Crippen LogP contribution in [0, 0.1) is 0 Å². The molecule has 0 bridgehead atoms. The number of hydrogen-bond acceptors (Lipinski definition) is 3. The maximum Gasteiger partial charge on any atom is 0.328 e. The third-order valence-electron chi connectivity index (χ3n) is 4.66. The molecule has 0 aromatic heterocycles.